The molecular weight excluding hydrogens is 136 g/mol. The fourth-order valence-corrected chi connectivity index (χ4v) is 1.10. The van der Waals surface area contributed by atoms with Crippen LogP contribution in [0.1, 0.15) is 11.5 Å². The maximum atomic E-state index is 5.05. The minimum atomic E-state index is 0.598. The zero-order chi connectivity index (χ0) is 7.68. The van der Waals surface area contributed by atoms with E-state index in [1.54, 1.807) is 7.11 Å². The summed E-state index contributed by atoms with van der Waals surface area (Å²) in [5, 5.41) is 0. The molecular formula is C10H10O. The molecule has 1 nitrogen and oxygen atoms in total. The summed E-state index contributed by atoms with van der Waals surface area (Å²) in [5.41, 5.74) is 1.35. The average molecular weight is 146 g/mol. The highest BCUT2D eigenvalue weighted by Gasteiger charge is 2.12. The van der Waals surface area contributed by atoms with E-state index < -0.39 is 0 Å². The maximum Gasteiger partial charge on any atom is 0.118 e. The van der Waals surface area contributed by atoms with Crippen molar-refractivity contribution in [3.63, 3.8) is 0 Å². The monoisotopic (exact) mass is 146 g/mol. The molecule has 1 aliphatic carbocycles. The van der Waals surface area contributed by atoms with Gasteiger partial charge >= 0.3 is 0 Å². The van der Waals surface area contributed by atoms with Gasteiger partial charge < -0.3 is 4.74 Å². The minimum Gasteiger partial charge on any atom is -0.497 e. The lowest BCUT2D eigenvalue weighted by atomic mass is 10.1. The van der Waals surface area contributed by atoms with Gasteiger partial charge in [-0.3, -0.25) is 0 Å². The van der Waals surface area contributed by atoms with Crippen molar-refractivity contribution in [3.8, 4) is 5.75 Å². The Kier molecular flexibility index (Phi) is 1.42. The van der Waals surface area contributed by atoms with Gasteiger partial charge in [-0.05, 0) is 17.7 Å². The number of hydrogen-bond donors (Lipinski definition) is 0. The molecule has 0 aliphatic heterocycles. The first kappa shape index (κ1) is 6.47. The number of rotatable bonds is 2. The molecule has 0 heterocycles. The van der Waals surface area contributed by atoms with E-state index in [1.807, 2.05) is 12.1 Å². The summed E-state index contributed by atoms with van der Waals surface area (Å²) in [6.45, 7) is 0. The third-order valence-electron chi connectivity index (χ3n) is 1.89. The van der Waals surface area contributed by atoms with Gasteiger partial charge in [0, 0.05) is 5.92 Å². The summed E-state index contributed by atoms with van der Waals surface area (Å²) in [6.07, 6.45) is 4.36. The van der Waals surface area contributed by atoms with Gasteiger partial charge in [0.25, 0.3) is 0 Å². The normalized spacial score (nSPS) is 15.0. The van der Waals surface area contributed by atoms with Crippen molar-refractivity contribution in [2.24, 2.45) is 0 Å². The lowest BCUT2D eigenvalue weighted by Gasteiger charge is -2.00. The highest BCUT2D eigenvalue weighted by atomic mass is 16.5. The van der Waals surface area contributed by atoms with Crippen molar-refractivity contribution < 1.29 is 4.74 Å². The fraction of sp³-hybridized carbons (Fsp3) is 0.200. The third kappa shape index (κ3) is 1.27. The molecule has 56 valence electrons. The van der Waals surface area contributed by atoms with Gasteiger partial charge in [-0.1, -0.05) is 24.3 Å². The highest BCUT2D eigenvalue weighted by Crippen LogP contribution is 2.30. The molecule has 0 radical (unpaired) electrons. The summed E-state index contributed by atoms with van der Waals surface area (Å²) in [6, 6.07) is 8.19. The lowest BCUT2D eigenvalue weighted by Crippen LogP contribution is -1.83. The van der Waals surface area contributed by atoms with E-state index in [1.165, 1.54) is 5.56 Å². The second-order valence-corrected chi connectivity index (χ2v) is 2.68. The lowest BCUT2D eigenvalue weighted by molar-refractivity contribution is 0.414. The summed E-state index contributed by atoms with van der Waals surface area (Å²) >= 11 is 0. The van der Waals surface area contributed by atoms with Crippen molar-refractivity contribution >= 4 is 0 Å². The largest absolute Gasteiger partial charge is 0.497 e. The molecule has 0 saturated heterocycles. The predicted octanol–water partition coefficient (Wildman–Crippen LogP) is 2.35. The van der Waals surface area contributed by atoms with E-state index >= 15 is 0 Å². The van der Waals surface area contributed by atoms with Gasteiger partial charge in [0.15, 0.2) is 0 Å². The van der Waals surface area contributed by atoms with E-state index in [0.29, 0.717) is 5.92 Å². The van der Waals surface area contributed by atoms with E-state index in [9.17, 15) is 0 Å². The third-order valence-corrected chi connectivity index (χ3v) is 1.89. The van der Waals surface area contributed by atoms with Crippen LogP contribution in [-0.4, -0.2) is 7.11 Å². The van der Waals surface area contributed by atoms with Gasteiger partial charge in [0.2, 0.25) is 0 Å². The van der Waals surface area contributed by atoms with E-state index in [2.05, 4.69) is 24.3 Å². The first-order valence-electron chi connectivity index (χ1n) is 3.72. The molecule has 1 heteroatoms. The number of methoxy groups -OCH3 is 1. The molecule has 0 unspecified atom stereocenters. The van der Waals surface area contributed by atoms with Gasteiger partial charge in [-0.2, -0.15) is 0 Å². The Morgan fingerprint density at radius 1 is 1.09 bits per heavy atom. The molecule has 0 bridgehead atoms. The Labute approximate surface area is 66.3 Å². The molecule has 0 atom stereocenters. The smallest absolute Gasteiger partial charge is 0.118 e. The van der Waals surface area contributed by atoms with Gasteiger partial charge in [-0.25, -0.2) is 0 Å². The quantitative estimate of drug-likeness (QED) is 0.582. The summed E-state index contributed by atoms with van der Waals surface area (Å²) in [7, 11) is 1.68. The molecule has 0 N–H and O–H groups in total. The number of ether oxygens (including phenoxy) is 1. The van der Waals surface area contributed by atoms with Gasteiger partial charge in [-0.15, -0.1) is 0 Å². The summed E-state index contributed by atoms with van der Waals surface area (Å²) < 4.78 is 5.05. The van der Waals surface area contributed by atoms with Crippen LogP contribution in [0.25, 0.3) is 0 Å². The van der Waals surface area contributed by atoms with Crippen LogP contribution in [0.5, 0.6) is 5.75 Å². The van der Waals surface area contributed by atoms with Crippen LogP contribution < -0.4 is 4.74 Å². The van der Waals surface area contributed by atoms with Crippen LogP contribution in [0.4, 0.5) is 0 Å². The Bertz CT molecular complexity index is 265. The Morgan fingerprint density at radius 3 is 2.18 bits per heavy atom. The molecule has 2 rings (SSSR count). The van der Waals surface area contributed by atoms with Gasteiger partial charge in [0.1, 0.15) is 5.75 Å². The first-order chi connectivity index (χ1) is 5.40. The maximum absolute atomic E-state index is 5.05. The van der Waals surface area contributed by atoms with Crippen LogP contribution in [0.2, 0.25) is 0 Å². The van der Waals surface area contributed by atoms with Crippen LogP contribution in [-0.2, 0) is 0 Å². The van der Waals surface area contributed by atoms with Crippen LogP contribution in [0, 0.1) is 0 Å². The number of allylic oxidation sites excluding steroid dienone is 2. The molecule has 0 spiro atoms. The van der Waals surface area contributed by atoms with Crippen molar-refractivity contribution in [2.75, 3.05) is 7.11 Å². The van der Waals surface area contributed by atoms with Crippen molar-refractivity contribution in [1.29, 1.82) is 0 Å². The molecule has 0 fully saturated rings. The van der Waals surface area contributed by atoms with Gasteiger partial charge in [0.05, 0.1) is 7.11 Å². The fourth-order valence-electron chi connectivity index (χ4n) is 1.10. The summed E-state index contributed by atoms with van der Waals surface area (Å²) in [4.78, 5) is 0. The molecule has 1 aromatic carbocycles. The predicted molar refractivity (Wildman–Crippen MR) is 44.9 cm³/mol. The topological polar surface area (TPSA) is 9.23 Å². The van der Waals surface area contributed by atoms with Crippen molar-refractivity contribution in [3.05, 3.63) is 42.0 Å². The number of benzene rings is 1. The molecule has 0 saturated carbocycles. The minimum absolute atomic E-state index is 0.598. The SMILES string of the molecule is COc1ccc(C2C=C2)cc1. The molecule has 0 aromatic heterocycles. The standard InChI is InChI=1S/C10H10O/c1-11-10-6-4-9(5-7-10)8-2-3-8/h2-8H,1H3. The molecule has 1 aromatic rings. The van der Waals surface area contributed by atoms with Crippen molar-refractivity contribution in [2.45, 2.75) is 5.92 Å². The van der Waals surface area contributed by atoms with Crippen LogP contribution in [0.3, 0.4) is 0 Å². The highest BCUT2D eigenvalue weighted by molar-refractivity contribution is 5.40. The first-order valence-corrected chi connectivity index (χ1v) is 3.72. The second kappa shape index (κ2) is 2.42. The Balaban J connectivity index is 2.19. The Hall–Kier alpha value is -1.24. The molecule has 11 heavy (non-hydrogen) atoms. The van der Waals surface area contributed by atoms with E-state index in [4.69, 9.17) is 4.74 Å². The zero-order valence-electron chi connectivity index (χ0n) is 6.45. The van der Waals surface area contributed by atoms with Crippen LogP contribution >= 0.6 is 0 Å². The van der Waals surface area contributed by atoms with E-state index in [-0.39, 0.29) is 0 Å². The van der Waals surface area contributed by atoms with Crippen LogP contribution in [0.15, 0.2) is 36.4 Å². The molecule has 0 amide bonds. The van der Waals surface area contributed by atoms with E-state index in [0.717, 1.165) is 5.75 Å². The summed E-state index contributed by atoms with van der Waals surface area (Å²) in [5.74, 6) is 1.52. The Morgan fingerprint density at radius 2 is 1.73 bits per heavy atom. The van der Waals surface area contributed by atoms with Crippen molar-refractivity contribution in [1.82, 2.24) is 0 Å². The average Bonchev–Trinajstić information content (AvgIpc) is 2.87. The zero-order valence-corrected chi connectivity index (χ0v) is 6.45. The molecule has 1 aliphatic rings. The number of hydrogen-bond acceptors (Lipinski definition) is 1. The second-order valence-electron chi connectivity index (χ2n) is 2.68.